The molecule has 1 aliphatic rings. The third kappa shape index (κ3) is 1.96. The third-order valence-corrected chi connectivity index (χ3v) is 4.18. The van der Waals surface area contributed by atoms with Gasteiger partial charge < -0.3 is 9.30 Å². The van der Waals surface area contributed by atoms with Gasteiger partial charge in [-0.25, -0.2) is 4.98 Å². The number of halogens is 1. The number of nitrogens with zero attached hydrogens (tertiary/aromatic N) is 4. The number of hydrogen-bond donors (Lipinski definition) is 0. The van der Waals surface area contributed by atoms with Gasteiger partial charge in [-0.05, 0) is 19.8 Å². The lowest BCUT2D eigenvalue weighted by molar-refractivity contribution is 0.00634. The zero-order valence-electron chi connectivity index (χ0n) is 11.6. The standard InChI is InChI=1S/C13H19ClN4O/c1-8-12-13(17(2)16-8)18(11(15-12)4-5-14)9-6-10(7-9)19-3/h9-10H,4-7H2,1-3H3. The van der Waals surface area contributed by atoms with Crippen molar-refractivity contribution >= 4 is 22.8 Å². The Morgan fingerprint density at radius 1 is 1.42 bits per heavy atom. The second kappa shape index (κ2) is 4.80. The zero-order chi connectivity index (χ0) is 13.6. The van der Waals surface area contributed by atoms with Crippen molar-refractivity contribution < 1.29 is 4.74 Å². The van der Waals surface area contributed by atoms with Crippen LogP contribution in [-0.2, 0) is 18.2 Å². The molecule has 0 saturated heterocycles. The summed E-state index contributed by atoms with van der Waals surface area (Å²) in [5, 5.41) is 4.46. The molecule has 6 heteroatoms. The van der Waals surface area contributed by atoms with Gasteiger partial charge in [0.2, 0.25) is 0 Å². The Balaban J connectivity index is 2.06. The normalized spacial score (nSPS) is 22.9. The summed E-state index contributed by atoms with van der Waals surface area (Å²) in [7, 11) is 3.75. The summed E-state index contributed by atoms with van der Waals surface area (Å²) in [6.45, 7) is 2.00. The van der Waals surface area contributed by atoms with Crippen molar-refractivity contribution in [2.45, 2.75) is 38.3 Å². The van der Waals surface area contributed by atoms with E-state index in [0.717, 1.165) is 41.9 Å². The molecule has 0 N–H and O–H groups in total. The molecule has 5 nitrogen and oxygen atoms in total. The Bertz CT molecular complexity index is 597. The van der Waals surface area contributed by atoms with Gasteiger partial charge in [0.15, 0.2) is 5.65 Å². The zero-order valence-corrected chi connectivity index (χ0v) is 12.3. The smallest absolute Gasteiger partial charge is 0.158 e. The lowest BCUT2D eigenvalue weighted by Gasteiger charge is -2.36. The van der Waals surface area contributed by atoms with E-state index in [1.54, 1.807) is 7.11 Å². The van der Waals surface area contributed by atoms with Gasteiger partial charge >= 0.3 is 0 Å². The van der Waals surface area contributed by atoms with Crippen LogP contribution in [0.5, 0.6) is 0 Å². The van der Waals surface area contributed by atoms with Gasteiger partial charge in [-0.3, -0.25) is 4.68 Å². The molecule has 104 valence electrons. The Morgan fingerprint density at radius 3 is 2.79 bits per heavy atom. The van der Waals surface area contributed by atoms with Gasteiger partial charge in [-0.2, -0.15) is 5.10 Å². The molecule has 19 heavy (non-hydrogen) atoms. The summed E-state index contributed by atoms with van der Waals surface area (Å²) < 4.78 is 9.62. The topological polar surface area (TPSA) is 44.9 Å². The fraction of sp³-hybridized carbons (Fsp3) is 0.692. The predicted molar refractivity (Wildman–Crippen MR) is 74.7 cm³/mol. The lowest BCUT2D eigenvalue weighted by atomic mass is 9.89. The Morgan fingerprint density at radius 2 is 2.16 bits per heavy atom. The minimum atomic E-state index is 0.376. The van der Waals surface area contributed by atoms with Crippen LogP contribution in [0, 0.1) is 6.92 Å². The summed E-state index contributed by atoms with van der Waals surface area (Å²) in [6.07, 6.45) is 3.26. The number of rotatable bonds is 4. The van der Waals surface area contributed by atoms with Crippen molar-refractivity contribution in [3.63, 3.8) is 0 Å². The monoisotopic (exact) mass is 282 g/mol. The van der Waals surface area contributed by atoms with Gasteiger partial charge in [0, 0.05) is 32.5 Å². The molecule has 0 radical (unpaired) electrons. The average Bonchev–Trinajstić information content (AvgIpc) is 2.80. The van der Waals surface area contributed by atoms with E-state index >= 15 is 0 Å². The molecule has 0 amide bonds. The van der Waals surface area contributed by atoms with Crippen LogP contribution in [0.3, 0.4) is 0 Å². The third-order valence-electron chi connectivity index (χ3n) is 3.99. The van der Waals surface area contributed by atoms with Crippen LogP contribution in [0.25, 0.3) is 11.2 Å². The summed E-state index contributed by atoms with van der Waals surface area (Å²) in [5.41, 5.74) is 3.09. The number of fused-ring (bicyclic) bond motifs is 1. The summed E-state index contributed by atoms with van der Waals surface area (Å²) >= 11 is 5.90. The maximum absolute atomic E-state index is 5.90. The molecular weight excluding hydrogens is 264 g/mol. The van der Waals surface area contributed by atoms with E-state index in [9.17, 15) is 0 Å². The fourth-order valence-electron chi connectivity index (χ4n) is 2.93. The van der Waals surface area contributed by atoms with Gasteiger partial charge in [-0.15, -0.1) is 11.6 Å². The fourth-order valence-corrected chi connectivity index (χ4v) is 3.10. The SMILES string of the molecule is COC1CC(n2c(CCCl)nc3c(C)nn(C)c32)C1. The highest BCUT2D eigenvalue weighted by molar-refractivity contribution is 6.17. The molecule has 2 aromatic rings. The highest BCUT2D eigenvalue weighted by Gasteiger charge is 2.34. The van der Waals surface area contributed by atoms with Gasteiger partial charge in [0.25, 0.3) is 0 Å². The van der Waals surface area contributed by atoms with E-state index in [1.807, 2.05) is 18.7 Å². The van der Waals surface area contributed by atoms with Crippen LogP contribution in [0.2, 0.25) is 0 Å². The lowest BCUT2D eigenvalue weighted by Crippen LogP contribution is -2.33. The predicted octanol–water partition coefficient (Wildman–Crippen LogP) is 2.21. The largest absolute Gasteiger partial charge is 0.381 e. The van der Waals surface area contributed by atoms with E-state index < -0.39 is 0 Å². The van der Waals surface area contributed by atoms with Crippen LogP contribution in [0.15, 0.2) is 0 Å². The summed E-state index contributed by atoms with van der Waals surface area (Å²) in [5.74, 6) is 1.66. The first-order valence-electron chi connectivity index (χ1n) is 6.64. The first-order chi connectivity index (χ1) is 9.15. The molecule has 2 heterocycles. The number of alkyl halides is 1. The molecule has 0 aromatic carbocycles. The van der Waals surface area contributed by atoms with Crippen LogP contribution < -0.4 is 0 Å². The van der Waals surface area contributed by atoms with Crippen LogP contribution >= 0.6 is 11.6 Å². The van der Waals surface area contributed by atoms with E-state index in [2.05, 4.69) is 9.67 Å². The first kappa shape index (κ1) is 12.9. The maximum atomic E-state index is 5.90. The van der Waals surface area contributed by atoms with Crippen molar-refractivity contribution in [2.24, 2.45) is 7.05 Å². The number of aromatic nitrogens is 4. The van der Waals surface area contributed by atoms with E-state index in [-0.39, 0.29) is 0 Å². The molecule has 0 aliphatic heterocycles. The van der Waals surface area contributed by atoms with Crippen LogP contribution in [0.1, 0.15) is 30.4 Å². The van der Waals surface area contributed by atoms with E-state index in [4.69, 9.17) is 21.3 Å². The highest BCUT2D eigenvalue weighted by Crippen LogP contribution is 2.37. The van der Waals surface area contributed by atoms with Crippen molar-refractivity contribution in [2.75, 3.05) is 13.0 Å². The Labute approximate surface area is 117 Å². The van der Waals surface area contributed by atoms with Gasteiger partial charge in [0.05, 0.1) is 11.8 Å². The Kier molecular flexibility index (Phi) is 3.27. The number of ether oxygens (including phenoxy) is 1. The molecule has 0 atom stereocenters. The molecule has 1 fully saturated rings. The van der Waals surface area contributed by atoms with E-state index in [0.29, 0.717) is 18.0 Å². The van der Waals surface area contributed by atoms with Crippen LogP contribution in [-0.4, -0.2) is 38.4 Å². The van der Waals surface area contributed by atoms with Crippen molar-refractivity contribution in [3.05, 3.63) is 11.5 Å². The first-order valence-corrected chi connectivity index (χ1v) is 7.18. The van der Waals surface area contributed by atoms with Crippen LogP contribution in [0.4, 0.5) is 0 Å². The summed E-state index contributed by atoms with van der Waals surface area (Å²) in [4.78, 5) is 4.73. The van der Waals surface area contributed by atoms with Crippen molar-refractivity contribution in [1.82, 2.24) is 19.3 Å². The van der Waals surface area contributed by atoms with Crippen molar-refractivity contribution in [1.29, 1.82) is 0 Å². The number of hydrogen-bond acceptors (Lipinski definition) is 3. The molecule has 1 saturated carbocycles. The van der Waals surface area contributed by atoms with E-state index in [1.165, 1.54) is 0 Å². The number of aryl methyl sites for hydroxylation is 3. The second-order valence-corrected chi connectivity index (χ2v) is 5.58. The second-order valence-electron chi connectivity index (χ2n) is 5.20. The molecular formula is C13H19ClN4O. The van der Waals surface area contributed by atoms with Crippen molar-refractivity contribution in [3.8, 4) is 0 Å². The maximum Gasteiger partial charge on any atom is 0.158 e. The molecule has 0 spiro atoms. The molecule has 0 unspecified atom stereocenters. The molecule has 3 rings (SSSR count). The van der Waals surface area contributed by atoms with Gasteiger partial charge in [-0.1, -0.05) is 0 Å². The molecule has 2 aromatic heterocycles. The number of methoxy groups -OCH3 is 1. The summed E-state index contributed by atoms with van der Waals surface area (Å²) in [6, 6.07) is 0.461. The highest BCUT2D eigenvalue weighted by atomic mass is 35.5. The minimum Gasteiger partial charge on any atom is -0.381 e. The quantitative estimate of drug-likeness (QED) is 0.808. The molecule has 1 aliphatic carbocycles. The number of imidazole rings is 1. The molecule has 0 bridgehead atoms. The minimum absolute atomic E-state index is 0.376. The Hall–Kier alpha value is -1.07. The van der Waals surface area contributed by atoms with Gasteiger partial charge in [0.1, 0.15) is 11.3 Å². The average molecular weight is 283 g/mol.